The minimum Gasteiger partial charge on any atom is -0.497 e. The van der Waals surface area contributed by atoms with Gasteiger partial charge in [0, 0.05) is 37.6 Å². The van der Waals surface area contributed by atoms with Crippen LogP contribution in [0.2, 0.25) is 0 Å². The van der Waals surface area contributed by atoms with Crippen LogP contribution < -0.4 is 20.3 Å². The van der Waals surface area contributed by atoms with Gasteiger partial charge in [0.25, 0.3) is 5.91 Å². The molecule has 0 fully saturated rings. The van der Waals surface area contributed by atoms with Crippen LogP contribution in [-0.4, -0.2) is 49.3 Å². The van der Waals surface area contributed by atoms with Crippen molar-refractivity contribution in [2.75, 3.05) is 26.9 Å². The molecule has 0 spiro atoms. The summed E-state index contributed by atoms with van der Waals surface area (Å²) in [5, 5.41) is 9.05. The first-order valence-corrected chi connectivity index (χ1v) is 15.3. The fourth-order valence-electron chi connectivity index (χ4n) is 5.27. The van der Waals surface area contributed by atoms with Gasteiger partial charge >= 0.3 is 0 Å². The molecule has 2 atom stereocenters. The van der Waals surface area contributed by atoms with E-state index in [9.17, 15) is 13.6 Å². The summed E-state index contributed by atoms with van der Waals surface area (Å²) in [6, 6.07) is 27.5. The summed E-state index contributed by atoms with van der Waals surface area (Å²) in [4.78, 5) is 19.2. The quantitative estimate of drug-likeness (QED) is 0.109. The third-order valence-electron chi connectivity index (χ3n) is 7.63. The van der Waals surface area contributed by atoms with Crippen LogP contribution >= 0.6 is 0 Å². The van der Waals surface area contributed by atoms with Gasteiger partial charge in [0.1, 0.15) is 23.1 Å². The number of hydrogen-bond donors (Lipinski definition) is 3. The van der Waals surface area contributed by atoms with Crippen LogP contribution in [0.5, 0.6) is 11.5 Å². The van der Waals surface area contributed by atoms with Gasteiger partial charge in [-0.1, -0.05) is 54.6 Å². The molecule has 5 rings (SSSR count). The van der Waals surface area contributed by atoms with Gasteiger partial charge in [0.05, 0.1) is 13.7 Å². The summed E-state index contributed by atoms with van der Waals surface area (Å²) < 4.78 is 45.1. The lowest BCUT2D eigenvalue weighted by molar-refractivity contribution is -0.129. The maximum Gasteiger partial charge on any atom is 0.266 e. The van der Waals surface area contributed by atoms with E-state index in [2.05, 4.69) is 10.9 Å². The molecule has 1 amide bonds. The summed E-state index contributed by atoms with van der Waals surface area (Å²) in [6.07, 6.45) is 3.94. The number of amides is 1. The molecule has 3 N–H and O–H groups in total. The first kappa shape index (κ1) is 33.3. The van der Waals surface area contributed by atoms with Crippen molar-refractivity contribution in [3.63, 3.8) is 0 Å². The van der Waals surface area contributed by atoms with Gasteiger partial charge in [0.15, 0.2) is 11.6 Å². The second-order valence-corrected chi connectivity index (χ2v) is 11.0. The van der Waals surface area contributed by atoms with Crippen molar-refractivity contribution in [3.8, 4) is 11.5 Å². The summed E-state index contributed by atoms with van der Waals surface area (Å²) in [5.41, 5.74) is 6.98. The normalized spacial score (nSPS) is 17.3. The van der Waals surface area contributed by atoms with Crippen LogP contribution in [-0.2, 0) is 16.0 Å². The SMILES string of the molecule is COc1cccc([C@@H]2OC(c3ccc(OCCCO)cc3)=N[C@]2(C/C=C/c2ccccc2)C(=O)NNCCc2cc(F)cc(F)c2)c1. The van der Waals surface area contributed by atoms with Crippen LogP contribution in [0, 0.1) is 11.6 Å². The molecule has 0 saturated carbocycles. The van der Waals surface area contributed by atoms with Crippen LogP contribution in [0.25, 0.3) is 6.08 Å². The Morgan fingerprint density at radius 3 is 2.47 bits per heavy atom. The Kier molecular flexibility index (Phi) is 11.3. The Hall–Kier alpha value is -5.06. The van der Waals surface area contributed by atoms with Crippen molar-refractivity contribution in [2.24, 2.45) is 4.99 Å². The van der Waals surface area contributed by atoms with Gasteiger partial charge in [-0.3, -0.25) is 10.2 Å². The zero-order valence-electron chi connectivity index (χ0n) is 26.0. The average molecular weight is 642 g/mol. The minimum atomic E-state index is -1.46. The zero-order chi connectivity index (χ0) is 33.1. The molecule has 4 aromatic carbocycles. The average Bonchev–Trinajstić information content (AvgIpc) is 3.48. The Morgan fingerprint density at radius 1 is 0.979 bits per heavy atom. The third kappa shape index (κ3) is 8.60. The second kappa shape index (κ2) is 16.0. The van der Waals surface area contributed by atoms with Gasteiger partial charge in [0.2, 0.25) is 5.90 Å². The lowest BCUT2D eigenvalue weighted by Crippen LogP contribution is -2.52. The van der Waals surface area contributed by atoms with Crippen molar-refractivity contribution in [2.45, 2.75) is 30.9 Å². The molecule has 0 unspecified atom stereocenters. The highest BCUT2D eigenvalue weighted by molar-refractivity contribution is 6.01. The number of benzene rings is 4. The zero-order valence-corrected chi connectivity index (χ0v) is 26.0. The number of hydrogen-bond acceptors (Lipinski definition) is 7. The molecule has 10 heteroatoms. The first-order valence-electron chi connectivity index (χ1n) is 15.3. The third-order valence-corrected chi connectivity index (χ3v) is 7.63. The van der Waals surface area contributed by atoms with Gasteiger partial charge in [-0.2, -0.15) is 0 Å². The predicted molar refractivity (Wildman–Crippen MR) is 176 cm³/mol. The Labute approximate surface area is 272 Å². The summed E-state index contributed by atoms with van der Waals surface area (Å²) in [6.45, 7) is 0.627. The molecule has 244 valence electrons. The monoisotopic (exact) mass is 641 g/mol. The molecule has 0 aromatic heterocycles. The maximum atomic E-state index is 14.3. The Bertz CT molecular complexity index is 1680. The number of aliphatic hydroxyl groups excluding tert-OH is 1. The highest BCUT2D eigenvalue weighted by Gasteiger charge is 2.52. The minimum absolute atomic E-state index is 0.0372. The van der Waals surface area contributed by atoms with Gasteiger partial charge in [-0.05, 0) is 71.6 Å². The second-order valence-electron chi connectivity index (χ2n) is 11.0. The summed E-state index contributed by atoms with van der Waals surface area (Å²) >= 11 is 0. The number of halogens is 2. The lowest BCUT2D eigenvalue weighted by Gasteiger charge is -2.30. The van der Waals surface area contributed by atoms with Crippen LogP contribution in [0.15, 0.2) is 108 Å². The molecule has 8 nitrogen and oxygen atoms in total. The molecule has 0 bridgehead atoms. The molecule has 1 aliphatic heterocycles. The topological polar surface area (TPSA) is 101 Å². The molecule has 1 aliphatic rings. The number of aliphatic hydroxyl groups is 1. The Morgan fingerprint density at radius 2 is 1.74 bits per heavy atom. The Balaban J connectivity index is 1.46. The van der Waals surface area contributed by atoms with E-state index in [4.69, 9.17) is 24.3 Å². The van der Waals surface area contributed by atoms with Gasteiger partial charge < -0.3 is 19.3 Å². The van der Waals surface area contributed by atoms with Crippen molar-refractivity contribution >= 4 is 17.9 Å². The molecule has 0 aliphatic carbocycles. The van der Waals surface area contributed by atoms with Crippen LogP contribution in [0.1, 0.15) is 41.2 Å². The number of ether oxygens (including phenoxy) is 3. The fraction of sp³-hybridized carbons (Fsp3) is 0.243. The van der Waals surface area contributed by atoms with E-state index >= 15 is 0 Å². The smallest absolute Gasteiger partial charge is 0.266 e. The van der Waals surface area contributed by atoms with Crippen molar-refractivity contribution in [3.05, 3.63) is 137 Å². The van der Waals surface area contributed by atoms with E-state index in [1.54, 1.807) is 31.4 Å². The van der Waals surface area contributed by atoms with Crippen molar-refractivity contribution < 1.29 is 32.9 Å². The molecular weight excluding hydrogens is 604 g/mol. The number of aliphatic imine (C=N–C) groups is 1. The molecule has 47 heavy (non-hydrogen) atoms. The fourth-order valence-corrected chi connectivity index (χ4v) is 5.27. The maximum absolute atomic E-state index is 14.3. The molecular formula is C37H37F2N3O5. The van der Waals surface area contributed by atoms with E-state index in [0.29, 0.717) is 41.2 Å². The lowest BCUT2D eigenvalue weighted by atomic mass is 9.84. The van der Waals surface area contributed by atoms with Crippen LogP contribution in [0.4, 0.5) is 8.78 Å². The molecule has 4 aromatic rings. The number of methoxy groups -OCH3 is 1. The van der Waals surface area contributed by atoms with E-state index in [1.165, 1.54) is 12.1 Å². The van der Waals surface area contributed by atoms with E-state index < -0.39 is 29.2 Å². The summed E-state index contributed by atoms with van der Waals surface area (Å²) in [7, 11) is 1.57. The van der Waals surface area contributed by atoms with Gasteiger partial charge in [-0.25, -0.2) is 19.2 Å². The van der Waals surface area contributed by atoms with E-state index in [-0.39, 0.29) is 31.9 Å². The number of carbonyl (C=O) groups excluding carboxylic acids is 1. The molecule has 0 saturated heterocycles. The number of nitrogens with zero attached hydrogens (tertiary/aromatic N) is 1. The number of carbonyl (C=O) groups is 1. The largest absolute Gasteiger partial charge is 0.497 e. The van der Waals surface area contributed by atoms with Gasteiger partial charge in [-0.15, -0.1) is 0 Å². The number of hydrazine groups is 1. The van der Waals surface area contributed by atoms with Crippen LogP contribution in [0.3, 0.4) is 0 Å². The molecule has 0 radical (unpaired) electrons. The number of rotatable bonds is 15. The molecule has 1 heterocycles. The first-order chi connectivity index (χ1) is 22.9. The summed E-state index contributed by atoms with van der Waals surface area (Å²) in [5.74, 6) is -0.278. The highest BCUT2D eigenvalue weighted by atomic mass is 19.1. The van der Waals surface area contributed by atoms with E-state index in [0.717, 1.165) is 11.6 Å². The van der Waals surface area contributed by atoms with E-state index in [1.807, 2.05) is 66.7 Å². The standard InChI is InChI=1S/C37H37F2N3O5/c1-45-33-12-5-11-29(24-33)34-37(18-6-10-26-8-3-2-4-9-26,36(44)42-40-19-17-27-22-30(38)25-31(39)23-27)41-35(47-34)28-13-15-32(16-14-28)46-21-7-20-43/h2-6,8-16,22-25,34,40,43H,7,17-21H2,1H3,(H,42,44)/b10-6+/t34-,37-/m0/s1. The predicted octanol–water partition coefficient (Wildman–Crippen LogP) is 5.96. The number of nitrogens with one attached hydrogen (secondary N) is 2. The van der Waals surface area contributed by atoms with Crippen molar-refractivity contribution in [1.82, 2.24) is 10.9 Å². The highest BCUT2D eigenvalue weighted by Crippen LogP contribution is 2.43. The van der Waals surface area contributed by atoms with Crippen molar-refractivity contribution in [1.29, 1.82) is 0 Å².